The Hall–Kier alpha value is -2.33. The summed E-state index contributed by atoms with van der Waals surface area (Å²) >= 11 is 0. The summed E-state index contributed by atoms with van der Waals surface area (Å²) in [7, 11) is 0. The highest BCUT2D eigenvalue weighted by molar-refractivity contribution is 5.92. The van der Waals surface area contributed by atoms with Crippen molar-refractivity contribution in [2.45, 2.75) is 59.5 Å². The van der Waals surface area contributed by atoms with Gasteiger partial charge in [0.15, 0.2) is 0 Å². The van der Waals surface area contributed by atoms with Gasteiger partial charge in [-0.05, 0) is 62.0 Å². The molecule has 0 radical (unpaired) electrons. The molecule has 1 N–H and O–H groups in total. The fourth-order valence-electron chi connectivity index (χ4n) is 3.38. The maximum Gasteiger partial charge on any atom is 0.224 e. The van der Waals surface area contributed by atoms with Gasteiger partial charge in [0.05, 0.1) is 5.69 Å². The van der Waals surface area contributed by atoms with E-state index >= 15 is 0 Å². The van der Waals surface area contributed by atoms with Crippen LogP contribution in [0.1, 0.15) is 57.6 Å². The highest BCUT2D eigenvalue weighted by atomic mass is 16.5. The maximum absolute atomic E-state index is 12.1. The number of amides is 1. The number of carbonyl (C=O) groups is 1. The second kappa shape index (κ2) is 13.0. The summed E-state index contributed by atoms with van der Waals surface area (Å²) in [5.41, 5.74) is 3.10. The average molecular weight is 397 g/mol. The Morgan fingerprint density at radius 2 is 1.62 bits per heavy atom. The minimum absolute atomic E-state index is 0.0295. The Balaban J connectivity index is 2.11. The third-order valence-electron chi connectivity index (χ3n) is 4.83. The standard InChI is InChI=1S/C25H36N2O2/c1-4-10-25(28)26-23-14-13-21(15-18-27(16-5-2)17-6-3)19-24(23)29-20-22-11-8-7-9-12-22/h7-9,11-14,19H,4-6,10,15-18,20H2,1-3H3,(H,26,28). The topological polar surface area (TPSA) is 41.6 Å². The van der Waals surface area contributed by atoms with Crippen LogP contribution in [0.4, 0.5) is 5.69 Å². The van der Waals surface area contributed by atoms with E-state index in [1.807, 2.05) is 43.3 Å². The Bertz CT molecular complexity index is 725. The number of ether oxygens (including phenoxy) is 1. The molecule has 4 nitrogen and oxygen atoms in total. The molecule has 0 bridgehead atoms. The van der Waals surface area contributed by atoms with Crippen molar-refractivity contribution >= 4 is 11.6 Å². The predicted octanol–water partition coefficient (Wildman–Crippen LogP) is 5.67. The van der Waals surface area contributed by atoms with E-state index in [0.717, 1.165) is 49.5 Å². The summed E-state index contributed by atoms with van der Waals surface area (Å²) in [6, 6.07) is 16.3. The van der Waals surface area contributed by atoms with Crippen LogP contribution in [-0.2, 0) is 17.8 Å². The third-order valence-corrected chi connectivity index (χ3v) is 4.83. The lowest BCUT2D eigenvalue weighted by atomic mass is 10.1. The molecule has 0 heterocycles. The van der Waals surface area contributed by atoms with Crippen LogP contribution in [0.3, 0.4) is 0 Å². The number of hydrogen-bond acceptors (Lipinski definition) is 3. The van der Waals surface area contributed by atoms with E-state index in [4.69, 9.17) is 4.74 Å². The third kappa shape index (κ3) is 8.28. The molecule has 2 aromatic carbocycles. The van der Waals surface area contributed by atoms with E-state index in [0.29, 0.717) is 13.0 Å². The summed E-state index contributed by atoms with van der Waals surface area (Å²) in [6.07, 6.45) is 4.67. The Morgan fingerprint density at radius 1 is 0.897 bits per heavy atom. The molecule has 29 heavy (non-hydrogen) atoms. The van der Waals surface area contributed by atoms with Crippen LogP contribution in [0, 0.1) is 0 Å². The van der Waals surface area contributed by atoms with Gasteiger partial charge in [-0.1, -0.05) is 57.2 Å². The maximum atomic E-state index is 12.1. The van der Waals surface area contributed by atoms with Gasteiger partial charge in [-0.25, -0.2) is 0 Å². The normalized spacial score (nSPS) is 10.9. The monoisotopic (exact) mass is 396 g/mol. The van der Waals surface area contributed by atoms with Crippen molar-refractivity contribution in [3.05, 3.63) is 59.7 Å². The molecule has 2 rings (SSSR count). The zero-order valence-electron chi connectivity index (χ0n) is 18.2. The molecule has 158 valence electrons. The molecule has 0 aliphatic rings. The highest BCUT2D eigenvalue weighted by Crippen LogP contribution is 2.27. The van der Waals surface area contributed by atoms with Crippen LogP contribution >= 0.6 is 0 Å². The van der Waals surface area contributed by atoms with Gasteiger partial charge in [0, 0.05) is 13.0 Å². The zero-order chi connectivity index (χ0) is 20.9. The first kappa shape index (κ1) is 23.0. The molecule has 0 aromatic heterocycles. The van der Waals surface area contributed by atoms with Crippen molar-refractivity contribution in [1.29, 1.82) is 0 Å². The minimum Gasteiger partial charge on any atom is -0.487 e. The lowest BCUT2D eigenvalue weighted by Gasteiger charge is -2.21. The first-order valence-corrected chi connectivity index (χ1v) is 11.0. The molecule has 0 fully saturated rings. The van der Waals surface area contributed by atoms with Gasteiger partial charge in [-0.2, -0.15) is 0 Å². The Kier molecular flexibility index (Phi) is 10.3. The van der Waals surface area contributed by atoms with E-state index in [1.54, 1.807) is 0 Å². The van der Waals surface area contributed by atoms with E-state index in [9.17, 15) is 4.79 Å². The molecule has 0 saturated carbocycles. The second-order valence-corrected chi connectivity index (χ2v) is 7.49. The van der Waals surface area contributed by atoms with Crippen molar-refractivity contribution in [1.82, 2.24) is 4.90 Å². The van der Waals surface area contributed by atoms with Crippen LogP contribution < -0.4 is 10.1 Å². The van der Waals surface area contributed by atoms with Crippen molar-refractivity contribution in [3.8, 4) is 5.75 Å². The molecule has 0 aliphatic heterocycles. The number of benzene rings is 2. The van der Waals surface area contributed by atoms with Crippen molar-refractivity contribution in [2.75, 3.05) is 25.0 Å². The summed E-state index contributed by atoms with van der Waals surface area (Å²) in [5.74, 6) is 0.773. The van der Waals surface area contributed by atoms with Crippen molar-refractivity contribution in [3.63, 3.8) is 0 Å². The first-order chi connectivity index (χ1) is 14.2. The van der Waals surface area contributed by atoms with E-state index < -0.39 is 0 Å². The van der Waals surface area contributed by atoms with E-state index in [1.165, 1.54) is 18.4 Å². The molecule has 0 aliphatic carbocycles. The molecule has 0 saturated heterocycles. The molecule has 0 atom stereocenters. The fraction of sp³-hybridized carbons (Fsp3) is 0.480. The number of anilines is 1. The quantitative estimate of drug-likeness (QED) is 0.474. The van der Waals surface area contributed by atoms with Crippen LogP contribution in [0.2, 0.25) is 0 Å². The van der Waals surface area contributed by atoms with Crippen molar-refractivity contribution in [2.24, 2.45) is 0 Å². The van der Waals surface area contributed by atoms with Crippen LogP contribution in [0.25, 0.3) is 0 Å². The van der Waals surface area contributed by atoms with E-state index in [-0.39, 0.29) is 5.91 Å². The average Bonchev–Trinajstić information content (AvgIpc) is 2.73. The van der Waals surface area contributed by atoms with Gasteiger partial charge >= 0.3 is 0 Å². The number of rotatable bonds is 13. The number of hydrogen-bond donors (Lipinski definition) is 1. The smallest absolute Gasteiger partial charge is 0.224 e. The van der Waals surface area contributed by atoms with Crippen LogP contribution in [0.15, 0.2) is 48.5 Å². The van der Waals surface area contributed by atoms with Gasteiger partial charge in [0.2, 0.25) is 5.91 Å². The highest BCUT2D eigenvalue weighted by Gasteiger charge is 2.11. The van der Waals surface area contributed by atoms with Crippen LogP contribution in [-0.4, -0.2) is 30.4 Å². The summed E-state index contributed by atoms with van der Waals surface area (Å²) in [6.45, 7) is 10.3. The Morgan fingerprint density at radius 3 is 2.28 bits per heavy atom. The van der Waals surface area contributed by atoms with Crippen LogP contribution in [0.5, 0.6) is 5.75 Å². The molecule has 0 unspecified atom stereocenters. The van der Waals surface area contributed by atoms with Gasteiger partial charge in [-0.3, -0.25) is 4.79 Å². The molecule has 1 amide bonds. The number of nitrogens with one attached hydrogen (secondary N) is 1. The molecule has 4 heteroatoms. The molecular weight excluding hydrogens is 360 g/mol. The molecule has 0 spiro atoms. The van der Waals surface area contributed by atoms with Crippen molar-refractivity contribution < 1.29 is 9.53 Å². The largest absolute Gasteiger partial charge is 0.487 e. The minimum atomic E-state index is 0.0295. The SMILES string of the molecule is CCCC(=O)Nc1ccc(CCN(CCC)CCC)cc1OCc1ccccc1. The number of carbonyl (C=O) groups excluding carboxylic acids is 1. The summed E-state index contributed by atoms with van der Waals surface area (Å²) in [4.78, 5) is 14.6. The fourth-order valence-corrected chi connectivity index (χ4v) is 3.38. The summed E-state index contributed by atoms with van der Waals surface area (Å²) < 4.78 is 6.12. The summed E-state index contributed by atoms with van der Waals surface area (Å²) in [5, 5.41) is 3.01. The van der Waals surface area contributed by atoms with Gasteiger partial charge in [0.1, 0.15) is 12.4 Å². The van der Waals surface area contributed by atoms with Gasteiger partial charge in [-0.15, -0.1) is 0 Å². The molecule has 2 aromatic rings. The van der Waals surface area contributed by atoms with Gasteiger partial charge in [0.25, 0.3) is 0 Å². The first-order valence-electron chi connectivity index (χ1n) is 11.0. The predicted molar refractivity (Wildman–Crippen MR) is 121 cm³/mol. The lowest BCUT2D eigenvalue weighted by molar-refractivity contribution is -0.116. The molecular formula is C25H36N2O2. The lowest BCUT2D eigenvalue weighted by Crippen LogP contribution is -2.27. The number of nitrogens with zero attached hydrogens (tertiary/aromatic N) is 1. The zero-order valence-corrected chi connectivity index (χ0v) is 18.2. The second-order valence-electron chi connectivity index (χ2n) is 7.49. The van der Waals surface area contributed by atoms with E-state index in [2.05, 4.69) is 36.2 Å². The van der Waals surface area contributed by atoms with Gasteiger partial charge < -0.3 is 15.0 Å². The Labute approximate surface area is 176 Å².